The van der Waals surface area contributed by atoms with Crippen molar-refractivity contribution in [3.05, 3.63) is 230 Å². The van der Waals surface area contributed by atoms with Gasteiger partial charge in [-0.2, -0.15) is 0 Å². The Hall–Kier alpha value is -8.02. The number of hydrogen-bond acceptors (Lipinski definition) is 4. The molecule has 5 nitrogen and oxygen atoms in total. The van der Waals surface area contributed by atoms with Crippen molar-refractivity contribution in [3.63, 3.8) is 0 Å². The number of nitrogens with zero attached hydrogens (tertiary/aromatic N) is 4. The fraction of sp³-hybridized carbons (Fsp3) is 0.129. The van der Waals surface area contributed by atoms with Gasteiger partial charge in [-0.25, -0.2) is 0 Å². The van der Waals surface area contributed by atoms with Gasteiger partial charge < -0.3 is 18.6 Å². The quantitative estimate of drug-likeness (QED) is 0.144. The molecule has 0 radical (unpaired) electrons. The molecule has 3 aromatic heterocycles. The summed E-state index contributed by atoms with van der Waals surface area (Å²) in [6.45, 7) is 13.7. The number of aromatic nitrogens is 1. The predicted octanol–water partition coefficient (Wildman–Crippen LogP) is 18.0. The van der Waals surface area contributed by atoms with Gasteiger partial charge in [-0.1, -0.05) is 151 Å². The van der Waals surface area contributed by atoms with Crippen LogP contribution in [0, 0.1) is 0 Å². The van der Waals surface area contributed by atoms with Gasteiger partial charge >= 0.3 is 0 Å². The highest BCUT2D eigenvalue weighted by Crippen LogP contribution is 2.48. The summed E-state index contributed by atoms with van der Waals surface area (Å²) in [6, 6.07) is 76.6. The third-order valence-corrected chi connectivity index (χ3v) is 13.0. The maximum absolute atomic E-state index is 6.84. The van der Waals surface area contributed by atoms with Gasteiger partial charge in [0.2, 0.25) is 0 Å². The molecular weight excluding hydrogens is 817 g/mol. The fourth-order valence-corrected chi connectivity index (χ4v) is 9.76. The number of furan rings is 1. The van der Waals surface area contributed by atoms with E-state index >= 15 is 0 Å². The van der Waals surface area contributed by atoms with Crippen LogP contribution >= 0.6 is 0 Å². The van der Waals surface area contributed by atoms with E-state index in [1.807, 2.05) is 6.07 Å². The van der Waals surface area contributed by atoms with E-state index in [0.717, 1.165) is 78.8 Å². The van der Waals surface area contributed by atoms with Crippen molar-refractivity contribution in [2.45, 2.75) is 52.4 Å². The normalized spacial score (nSPS) is 12.0. The molecular formula is C62H54N4O. The number of para-hydroxylation sites is 3. The second-order valence-corrected chi connectivity index (χ2v) is 19.5. The summed E-state index contributed by atoms with van der Waals surface area (Å²) >= 11 is 0. The lowest BCUT2D eigenvalue weighted by molar-refractivity contribution is 0.590. The zero-order valence-electron chi connectivity index (χ0n) is 39.0. The summed E-state index contributed by atoms with van der Waals surface area (Å²) < 4.78 is 9.08. The minimum atomic E-state index is -0.0331. The Kier molecular flexibility index (Phi) is 10.2. The standard InChI is InChI=1S/C62H54N4O/c1-61(2,3)43-32-34-46(35-33-43)64(56-38-37-55(62(4,5)6)51-26-10-11-27-52(51)56)47-22-16-23-48(41-47)65(57-30-18-29-54-53-28-12-13-31-58(53)67-60(54)57)49-24-17-25-50(42-49)66(45-20-8-7-9-21-45)59-39-36-44-19-14-15-40-63(44)59/h7-42H,1-6H3. The topological polar surface area (TPSA) is 27.3 Å². The Morgan fingerprint density at radius 2 is 0.925 bits per heavy atom. The van der Waals surface area contributed by atoms with Crippen LogP contribution in [0.2, 0.25) is 0 Å². The third kappa shape index (κ3) is 7.56. The second kappa shape index (κ2) is 16.4. The van der Waals surface area contributed by atoms with E-state index in [0.29, 0.717) is 0 Å². The van der Waals surface area contributed by atoms with Crippen LogP contribution in [0.5, 0.6) is 0 Å². The van der Waals surface area contributed by atoms with E-state index in [1.165, 1.54) is 21.9 Å². The highest BCUT2D eigenvalue weighted by atomic mass is 16.3. The van der Waals surface area contributed by atoms with Crippen molar-refractivity contribution in [2.24, 2.45) is 0 Å². The molecule has 11 rings (SSSR count). The zero-order chi connectivity index (χ0) is 45.9. The molecule has 328 valence electrons. The molecule has 0 N–H and O–H groups in total. The summed E-state index contributed by atoms with van der Waals surface area (Å²) in [7, 11) is 0. The highest BCUT2D eigenvalue weighted by molar-refractivity contribution is 6.10. The lowest BCUT2D eigenvalue weighted by atomic mass is 9.83. The maximum atomic E-state index is 6.84. The number of anilines is 9. The Morgan fingerprint density at radius 1 is 0.373 bits per heavy atom. The van der Waals surface area contributed by atoms with Crippen LogP contribution in [0.15, 0.2) is 223 Å². The van der Waals surface area contributed by atoms with Gasteiger partial charge in [-0.15, -0.1) is 0 Å². The summed E-state index contributed by atoms with van der Waals surface area (Å²) in [5, 5.41) is 4.62. The maximum Gasteiger partial charge on any atom is 0.159 e. The molecule has 0 saturated heterocycles. The minimum Gasteiger partial charge on any atom is -0.454 e. The molecule has 5 heteroatoms. The van der Waals surface area contributed by atoms with Crippen LogP contribution in [-0.2, 0) is 10.8 Å². The van der Waals surface area contributed by atoms with Gasteiger partial charge in [-0.05, 0) is 130 Å². The van der Waals surface area contributed by atoms with Crippen LogP contribution in [-0.4, -0.2) is 4.40 Å². The lowest BCUT2D eigenvalue weighted by Gasteiger charge is -2.32. The molecule has 11 aromatic rings. The molecule has 0 aliphatic carbocycles. The smallest absolute Gasteiger partial charge is 0.159 e. The van der Waals surface area contributed by atoms with Gasteiger partial charge in [0.25, 0.3) is 0 Å². The molecule has 8 aromatic carbocycles. The Bertz CT molecular complexity index is 3570. The molecule has 0 bridgehead atoms. The molecule has 0 unspecified atom stereocenters. The van der Waals surface area contributed by atoms with Crippen LogP contribution in [0.3, 0.4) is 0 Å². The molecule has 0 amide bonds. The van der Waals surface area contributed by atoms with Crippen molar-refractivity contribution in [1.29, 1.82) is 0 Å². The zero-order valence-corrected chi connectivity index (χ0v) is 39.0. The summed E-state index contributed by atoms with van der Waals surface area (Å²) in [4.78, 5) is 7.12. The first-order valence-corrected chi connectivity index (χ1v) is 23.3. The lowest BCUT2D eigenvalue weighted by Crippen LogP contribution is -2.16. The largest absolute Gasteiger partial charge is 0.454 e. The van der Waals surface area contributed by atoms with E-state index < -0.39 is 0 Å². The average molecular weight is 871 g/mol. The van der Waals surface area contributed by atoms with Crippen LogP contribution < -0.4 is 14.7 Å². The summed E-state index contributed by atoms with van der Waals surface area (Å²) in [5.74, 6) is 1.05. The molecule has 0 aliphatic heterocycles. The molecule has 3 heterocycles. The van der Waals surface area contributed by atoms with Crippen LogP contribution in [0.25, 0.3) is 38.2 Å². The van der Waals surface area contributed by atoms with E-state index in [9.17, 15) is 0 Å². The number of benzene rings is 8. The molecule has 0 aliphatic rings. The first kappa shape index (κ1) is 41.7. The second-order valence-electron chi connectivity index (χ2n) is 19.5. The Balaban J connectivity index is 1.14. The third-order valence-electron chi connectivity index (χ3n) is 13.0. The summed E-state index contributed by atoms with van der Waals surface area (Å²) in [6.07, 6.45) is 2.13. The molecule has 0 spiro atoms. The monoisotopic (exact) mass is 870 g/mol. The number of hydrogen-bond donors (Lipinski definition) is 0. The fourth-order valence-electron chi connectivity index (χ4n) is 9.76. The minimum absolute atomic E-state index is 0.0156. The van der Waals surface area contributed by atoms with E-state index in [4.69, 9.17) is 4.42 Å². The van der Waals surface area contributed by atoms with Gasteiger partial charge in [0.05, 0.1) is 11.4 Å². The molecule has 0 atom stereocenters. The highest BCUT2D eigenvalue weighted by Gasteiger charge is 2.26. The Morgan fingerprint density at radius 3 is 1.61 bits per heavy atom. The van der Waals surface area contributed by atoms with E-state index in [2.05, 4.69) is 273 Å². The first-order chi connectivity index (χ1) is 32.5. The molecule has 0 fully saturated rings. The Labute approximate surface area is 393 Å². The number of rotatable bonds is 9. The average Bonchev–Trinajstić information content (AvgIpc) is 3.94. The van der Waals surface area contributed by atoms with Gasteiger partial charge in [-0.3, -0.25) is 4.90 Å². The van der Waals surface area contributed by atoms with Crippen LogP contribution in [0.1, 0.15) is 52.7 Å². The van der Waals surface area contributed by atoms with Crippen molar-refractivity contribution >= 4 is 89.5 Å². The van der Waals surface area contributed by atoms with Crippen molar-refractivity contribution in [2.75, 3.05) is 14.7 Å². The molecule has 0 saturated carbocycles. The van der Waals surface area contributed by atoms with Gasteiger partial charge in [0.1, 0.15) is 11.4 Å². The predicted molar refractivity (Wildman–Crippen MR) is 284 cm³/mol. The number of fused-ring (bicyclic) bond motifs is 5. The van der Waals surface area contributed by atoms with Gasteiger partial charge in [0.15, 0.2) is 5.58 Å². The SMILES string of the molecule is CC(C)(C)c1ccc(N(c2cccc(N(c3cccc(N(c4ccccc4)c4ccc5ccccn45)c3)c3cccc4c3oc3ccccc34)c2)c2ccc(C(C)(C)C)c3ccccc23)cc1. The van der Waals surface area contributed by atoms with E-state index in [-0.39, 0.29) is 10.8 Å². The van der Waals surface area contributed by atoms with Gasteiger partial charge in [0, 0.05) is 62.0 Å². The van der Waals surface area contributed by atoms with Crippen LogP contribution in [0.4, 0.5) is 51.3 Å². The summed E-state index contributed by atoms with van der Waals surface area (Å²) in [5.41, 5.74) is 13.7. The first-order valence-electron chi connectivity index (χ1n) is 23.3. The number of pyridine rings is 1. The van der Waals surface area contributed by atoms with Crippen molar-refractivity contribution in [1.82, 2.24) is 4.40 Å². The van der Waals surface area contributed by atoms with E-state index in [1.54, 1.807) is 0 Å². The molecule has 67 heavy (non-hydrogen) atoms. The van der Waals surface area contributed by atoms with Crippen molar-refractivity contribution in [3.8, 4) is 0 Å². The van der Waals surface area contributed by atoms with Crippen molar-refractivity contribution < 1.29 is 4.42 Å².